The number of hydrogen-bond acceptors (Lipinski definition) is 2. The molecule has 0 aliphatic heterocycles. The lowest BCUT2D eigenvalue weighted by Gasteiger charge is -2.52. The summed E-state index contributed by atoms with van der Waals surface area (Å²) in [6.45, 7) is 2.81. The third-order valence-electron chi connectivity index (χ3n) is 6.75. The van der Waals surface area contributed by atoms with Gasteiger partial charge >= 0.3 is 0 Å². The van der Waals surface area contributed by atoms with Gasteiger partial charge in [0.2, 0.25) is 0 Å². The maximum atomic E-state index is 11.3. The molecule has 4 atom stereocenters. The van der Waals surface area contributed by atoms with Crippen LogP contribution < -0.4 is 5.73 Å². The molecule has 0 aromatic carbocycles. The molecule has 2 nitrogen and oxygen atoms in total. The summed E-state index contributed by atoms with van der Waals surface area (Å²) in [5.41, 5.74) is 5.70. The summed E-state index contributed by atoms with van der Waals surface area (Å²) < 4.78 is 0. The van der Waals surface area contributed by atoms with Crippen LogP contribution in [-0.2, 0) is 0 Å². The summed E-state index contributed by atoms with van der Waals surface area (Å²) in [7, 11) is 0. The predicted octanol–water partition coefficient (Wildman–Crippen LogP) is 3.08. The summed E-state index contributed by atoms with van der Waals surface area (Å²) in [6, 6.07) is 0. The first-order valence-electron chi connectivity index (χ1n) is 8.02. The zero-order valence-electron chi connectivity index (χ0n) is 11.8. The Hall–Kier alpha value is -0.0800. The van der Waals surface area contributed by atoms with Crippen molar-refractivity contribution in [1.82, 2.24) is 0 Å². The van der Waals surface area contributed by atoms with E-state index in [4.69, 9.17) is 5.73 Å². The van der Waals surface area contributed by atoms with Gasteiger partial charge in [-0.3, -0.25) is 0 Å². The van der Waals surface area contributed by atoms with Gasteiger partial charge in [0.25, 0.3) is 0 Å². The van der Waals surface area contributed by atoms with Crippen LogP contribution in [0.15, 0.2) is 0 Å². The zero-order chi connectivity index (χ0) is 12.8. The van der Waals surface area contributed by atoms with Gasteiger partial charge in [-0.15, -0.1) is 0 Å². The normalized spacial score (nSPS) is 44.2. The molecule has 3 aliphatic carbocycles. The standard InChI is InChI=1S/C16H29NO/c1-15(18,13-5-3-2-4-6-13)16(11-17)10-12-7-8-14(16)9-12/h12-14,18H,2-11,17H2,1H3. The molecule has 2 heteroatoms. The van der Waals surface area contributed by atoms with Gasteiger partial charge in [-0.1, -0.05) is 25.7 Å². The Morgan fingerprint density at radius 1 is 1.17 bits per heavy atom. The Bertz CT molecular complexity index is 308. The number of rotatable bonds is 3. The van der Waals surface area contributed by atoms with Crippen LogP contribution in [0.3, 0.4) is 0 Å². The van der Waals surface area contributed by atoms with Crippen LogP contribution >= 0.6 is 0 Å². The first-order valence-corrected chi connectivity index (χ1v) is 8.02. The lowest BCUT2D eigenvalue weighted by Crippen LogP contribution is -2.58. The number of hydrogen-bond donors (Lipinski definition) is 2. The van der Waals surface area contributed by atoms with Crippen molar-refractivity contribution >= 4 is 0 Å². The Kier molecular flexibility index (Phi) is 3.22. The van der Waals surface area contributed by atoms with E-state index in [1.54, 1.807) is 0 Å². The Labute approximate surface area is 111 Å². The quantitative estimate of drug-likeness (QED) is 0.809. The largest absolute Gasteiger partial charge is 0.389 e. The average Bonchev–Trinajstić information content (AvgIpc) is 3.00. The molecule has 3 fully saturated rings. The smallest absolute Gasteiger partial charge is 0.0718 e. The molecular weight excluding hydrogens is 222 g/mol. The van der Waals surface area contributed by atoms with Gasteiger partial charge in [0, 0.05) is 12.0 Å². The van der Waals surface area contributed by atoms with E-state index in [0.717, 1.165) is 5.92 Å². The van der Waals surface area contributed by atoms with Crippen molar-refractivity contribution in [1.29, 1.82) is 0 Å². The molecular formula is C16H29NO. The molecule has 0 spiro atoms. The highest BCUT2D eigenvalue weighted by Gasteiger charge is 2.60. The van der Waals surface area contributed by atoms with Crippen LogP contribution in [0.1, 0.15) is 64.7 Å². The van der Waals surface area contributed by atoms with E-state index < -0.39 is 5.60 Å². The van der Waals surface area contributed by atoms with Crippen molar-refractivity contribution in [3.63, 3.8) is 0 Å². The van der Waals surface area contributed by atoms with E-state index in [0.29, 0.717) is 18.4 Å². The van der Waals surface area contributed by atoms with Gasteiger partial charge in [0.05, 0.1) is 5.60 Å². The average molecular weight is 251 g/mol. The van der Waals surface area contributed by atoms with Crippen LogP contribution in [0.25, 0.3) is 0 Å². The number of fused-ring (bicyclic) bond motifs is 2. The molecule has 4 unspecified atom stereocenters. The SMILES string of the molecule is CC(O)(C1CCCCC1)C1(CN)CC2CCC1C2. The van der Waals surface area contributed by atoms with E-state index in [-0.39, 0.29) is 5.41 Å². The van der Waals surface area contributed by atoms with Gasteiger partial charge in [-0.05, 0) is 56.8 Å². The van der Waals surface area contributed by atoms with Crippen molar-refractivity contribution in [3.8, 4) is 0 Å². The van der Waals surface area contributed by atoms with E-state index in [2.05, 4.69) is 6.92 Å². The predicted molar refractivity (Wildman–Crippen MR) is 74.1 cm³/mol. The molecule has 3 aliphatic rings. The fourth-order valence-corrected chi connectivity index (χ4v) is 5.59. The van der Waals surface area contributed by atoms with Crippen LogP contribution in [-0.4, -0.2) is 17.3 Å². The first kappa shape index (κ1) is 12.9. The molecule has 3 N–H and O–H groups in total. The molecule has 104 valence electrons. The minimum Gasteiger partial charge on any atom is -0.389 e. The van der Waals surface area contributed by atoms with Crippen molar-refractivity contribution in [2.75, 3.05) is 6.54 Å². The van der Waals surface area contributed by atoms with Crippen molar-refractivity contribution < 1.29 is 5.11 Å². The maximum absolute atomic E-state index is 11.3. The molecule has 3 saturated carbocycles. The van der Waals surface area contributed by atoms with E-state index in [1.807, 2.05) is 0 Å². The Morgan fingerprint density at radius 2 is 1.89 bits per heavy atom. The third-order valence-corrected chi connectivity index (χ3v) is 6.75. The molecule has 0 aromatic rings. The molecule has 3 rings (SSSR count). The highest BCUT2D eigenvalue weighted by Crippen LogP contribution is 2.62. The van der Waals surface area contributed by atoms with Gasteiger partial charge in [0.1, 0.15) is 0 Å². The molecule has 18 heavy (non-hydrogen) atoms. The fraction of sp³-hybridized carbons (Fsp3) is 1.00. The molecule has 0 amide bonds. The summed E-state index contributed by atoms with van der Waals surface area (Å²) in [5, 5.41) is 11.3. The first-order chi connectivity index (χ1) is 8.60. The topological polar surface area (TPSA) is 46.2 Å². The molecule has 0 heterocycles. The lowest BCUT2D eigenvalue weighted by molar-refractivity contribution is -0.142. The van der Waals surface area contributed by atoms with Gasteiger partial charge < -0.3 is 10.8 Å². The minimum absolute atomic E-state index is 0.0396. The summed E-state index contributed by atoms with van der Waals surface area (Å²) in [4.78, 5) is 0. The van der Waals surface area contributed by atoms with Crippen LogP contribution in [0.2, 0.25) is 0 Å². The number of nitrogens with two attached hydrogens (primary N) is 1. The Morgan fingerprint density at radius 3 is 2.39 bits per heavy atom. The van der Waals surface area contributed by atoms with E-state index >= 15 is 0 Å². The number of aliphatic hydroxyl groups is 1. The lowest BCUT2D eigenvalue weighted by atomic mass is 9.57. The van der Waals surface area contributed by atoms with Gasteiger partial charge in [0.15, 0.2) is 0 Å². The highest BCUT2D eigenvalue weighted by atomic mass is 16.3. The van der Waals surface area contributed by atoms with Gasteiger partial charge in [-0.25, -0.2) is 0 Å². The molecule has 2 bridgehead atoms. The molecule has 0 saturated heterocycles. The second-order valence-corrected chi connectivity index (χ2v) is 7.42. The highest BCUT2D eigenvalue weighted by molar-refractivity contribution is 5.11. The van der Waals surface area contributed by atoms with E-state index in [1.165, 1.54) is 57.8 Å². The third kappa shape index (κ3) is 1.68. The zero-order valence-corrected chi connectivity index (χ0v) is 11.8. The Balaban J connectivity index is 1.85. The maximum Gasteiger partial charge on any atom is 0.0718 e. The summed E-state index contributed by atoms with van der Waals surface area (Å²) in [6.07, 6.45) is 11.6. The molecule has 0 aromatic heterocycles. The van der Waals surface area contributed by atoms with Crippen LogP contribution in [0.4, 0.5) is 0 Å². The summed E-state index contributed by atoms with van der Waals surface area (Å²) in [5.74, 6) is 2.05. The van der Waals surface area contributed by atoms with Gasteiger partial charge in [-0.2, -0.15) is 0 Å². The summed E-state index contributed by atoms with van der Waals surface area (Å²) >= 11 is 0. The van der Waals surface area contributed by atoms with E-state index in [9.17, 15) is 5.11 Å². The van der Waals surface area contributed by atoms with Crippen LogP contribution in [0, 0.1) is 23.2 Å². The van der Waals surface area contributed by atoms with Crippen molar-refractivity contribution in [3.05, 3.63) is 0 Å². The molecule has 0 radical (unpaired) electrons. The minimum atomic E-state index is -0.526. The van der Waals surface area contributed by atoms with Crippen molar-refractivity contribution in [2.24, 2.45) is 28.9 Å². The second kappa shape index (κ2) is 4.49. The van der Waals surface area contributed by atoms with Crippen molar-refractivity contribution in [2.45, 2.75) is 70.3 Å². The second-order valence-electron chi connectivity index (χ2n) is 7.42. The fourth-order valence-electron chi connectivity index (χ4n) is 5.59. The monoisotopic (exact) mass is 251 g/mol. The van der Waals surface area contributed by atoms with Crippen LogP contribution in [0.5, 0.6) is 0 Å².